The number of hydrogen-bond acceptors (Lipinski definition) is 5. The third kappa shape index (κ3) is 3.59. The summed E-state index contributed by atoms with van der Waals surface area (Å²) in [7, 11) is 0. The van der Waals surface area contributed by atoms with Crippen LogP contribution in [0.1, 0.15) is 12.0 Å². The van der Waals surface area contributed by atoms with Crippen LogP contribution in [0, 0.1) is 10.1 Å². The number of hydrogen-bond donors (Lipinski definition) is 1. The van der Waals surface area contributed by atoms with Gasteiger partial charge in [-0.15, -0.1) is 0 Å². The summed E-state index contributed by atoms with van der Waals surface area (Å²) in [6.45, 7) is 0. The minimum Gasteiger partial charge on any atom is -0.373 e. The van der Waals surface area contributed by atoms with Crippen LogP contribution in [-0.2, 0) is 15.8 Å². The maximum absolute atomic E-state index is 13.2. The topological polar surface area (TPSA) is 92.5 Å². The summed E-state index contributed by atoms with van der Waals surface area (Å²) in [5.41, 5.74) is -1.65. The Balaban J connectivity index is 1.89. The lowest BCUT2D eigenvalue weighted by Crippen LogP contribution is -2.36. The molecule has 2 amide bonds. The highest BCUT2D eigenvalue weighted by Gasteiger charge is 2.44. The average Bonchev–Trinajstić information content (AvgIpc) is 2.88. The van der Waals surface area contributed by atoms with Gasteiger partial charge in [0, 0.05) is 17.8 Å². The maximum Gasteiger partial charge on any atom is 0.418 e. The lowest BCUT2D eigenvalue weighted by Gasteiger charge is -2.20. The second-order valence-electron chi connectivity index (χ2n) is 5.79. The molecule has 0 unspecified atom stereocenters. The van der Waals surface area contributed by atoms with E-state index in [1.165, 1.54) is 30.3 Å². The minimum atomic E-state index is -4.73. The van der Waals surface area contributed by atoms with Crippen molar-refractivity contribution in [2.45, 2.75) is 18.6 Å². The van der Waals surface area contributed by atoms with E-state index in [0.717, 1.165) is 18.2 Å². The Kier molecular flexibility index (Phi) is 4.56. The molecule has 2 aromatic carbocycles. The van der Waals surface area contributed by atoms with Gasteiger partial charge in [0.15, 0.2) is 0 Å². The number of nitrogens with one attached hydrogen (secondary N) is 1. The van der Waals surface area contributed by atoms with Crippen LogP contribution in [-0.4, -0.2) is 22.8 Å². The second-order valence-corrected chi connectivity index (χ2v) is 5.79. The van der Waals surface area contributed by atoms with E-state index in [4.69, 9.17) is 0 Å². The van der Waals surface area contributed by atoms with Crippen LogP contribution in [0.15, 0.2) is 48.5 Å². The molecule has 1 aliphatic rings. The third-order valence-corrected chi connectivity index (χ3v) is 3.99. The molecular weight excluding hydrogens is 367 g/mol. The Morgan fingerprint density at radius 3 is 2.48 bits per heavy atom. The van der Waals surface area contributed by atoms with Gasteiger partial charge in [0.1, 0.15) is 6.04 Å². The number of para-hydroxylation sites is 1. The number of imide groups is 1. The van der Waals surface area contributed by atoms with Gasteiger partial charge in [-0.25, -0.2) is 4.90 Å². The van der Waals surface area contributed by atoms with E-state index in [2.05, 4.69) is 5.32 Å². The molecular formula is C17H12F3N3O4. The van der Waals surface area contributed by atoms with Gasteiger partial charge in [0.25, 0.3) is 11.6 Å². The molecule has 0 radical (unpaired) electrons. The van der Waals surface area contributed by atoms with E-state index in [1.807, 2.05) is 0 Å². The average molecular weight is 379 g/mol. The molecule has 2 aromatic rings. The first-order valence-corrected chi connectivity index (χ1v) is 7.72. The van der Waals surface area contributed by atoms with Crippen LogP contribution in [0.25, 0.3) is 0 Å². The van der Waals surface area contributed by atoms with Crippen LogP contribution < -0.4 is 10.2 Å². The number of rotatable bonds is 4. The minimum absolute atomic E-state index is 0.210. The second kappa shape index (κ2) is 6.71. The number of nitro benzene ring substituents is 1. The number of nitro groups is 1. The van der Waals surface area contributed by atoms with E-state index in [0.29, 0.717) is 4.90 Å². The van der Waals surface area contributed by atoms with Crippen molar-refractivity contribution >= 4 is 28.9 Å². The molecule has 1 N–H and O–H groups in total. The summed E-state index contributed by atoms with van der Waals surface area (Å²) in [4.78, 5) is 35.5. The van der Waals surface area contributed by atoms with Crippen LogP contribution >= 0.6 is 0 Å². The van der Waals surface area contributed by atoms with Gasteiger partial charge in [-0.3, -0.25) is 19.7 Å². The van der Waals surface area contributed by atoms with Crippen molar-refractivity contribution in [2.75, 3.05) is 10.2 Å². The van der Waals surface area contributed by atoms with Gasteiger partial charge in [0.2, 0.25) is 5.91 Å². The zero-order valence-electron chi connectivity index (χ0n) is 13.6. The van der Waals surface area contributed by atoms with Crippen molar-refractivity contribution in [2.24, 2.45) is 0 Å². The van der Waals surface area contributed by atoms with Gasteiger partial charge < -0.3 is 5.32 Å². The molecule has 1 aliphatic heterocycles. The zero-order valence-corrected chi connectivity index (χ0v) is 13.6. The van der Waals surface area contributed by atoms with E-state index < -0.39 is 40.2 Å². The largest absolute Gasteiger partial charge is 0.418 e. The summed E-state index contributed by atoms with van der Waals surface area (Å²) in [6, 6.07) is 8.44. The Labute approximate surface area is 150 Å². The van der Waals surface area contributed by atoms with Crippen LogP contribution in [0.5, 0.6) is 0 Å². The number of alkyl halides is 3. The lowest BCUT2D eigenvalue weighted by molar-refractivity contribution is -0.384. The van der Waals surface area contributed by atoms with Gasteiger partial charge in [-0.05, 0) is 18.2 Å². The number of amides is 2. The number of carbonyl (C=O) groups is 2. The fraction of sp³-hybridized carbons (Fsp3) is 0.176. The normalized spacial score (nSPS) is 17.3. The van der Waals surface area contributed by atoms with Crippen molar-refractivity contribution in [3.05, 3.63) is 64.2 Å². The summed E-state index contributed by atoms with van der Waals surface area (Å²) in [5, 5.41) is 13.5. The molecule has 10 heteroatoms. The Bertz CT molecular complexity index is 930. The van der Waals surface area contributed by atoms with E-state index in [1.54, 1.807) is 0 Å². The Morgan fingerprint density at radius 1 is 1.11 bits per heavy atom. The van der Waals surface area contributed by atoms with Crippen molar-refractivity contribution in [1.82, 2.24) is 0 Å². The molecule has 0 saturated carbocycles. The SMILES string of the molecule is O=C1C[C@H](Nc2cccc([N+](=O)[O-])c2)C(=O)N1c1ccccc1C(F)(F)F. The first-order chi connectivity index (χ1) is 12.7. The maximum atomic E-state index is 13.2. The summed E-state index contributed by atoms with van der Waals surface area (Å²) in [5.74, 6) is -1.65. The Morgan fingerprint density at radius 2 is 1.81 bits per heavy atom. The van der Waals surface area contributed by atoms with Crippen LogP contribution in [0.3, 0.4) is 0 Å². The molecule has 3 rings (SSSR count). The molecule has 1 atom stereocenters. The number of anilines is 2. The number of halogens is 3. The smallest absolute Gasteiger partial charge is 0.373 e. The molecule has 0 aliphatic carbocycles. The Hall–Kier alpha value is -3.43. The molecule has 140 valence electrons. The number of benzene rings is 2. The lowest BCUT2D eigenvalue weighted by atomic mass is 10.1. The molecule has 0 aromatic heterocycles. The molecule has 27 heavy (non-hydrogen) atoms. The van der Waals surface area contributed by atoms with Crippen molar-refractivity contribution in [3.8, 4) is 0 Å². The first kappa shape index (κ1) is 18.4. The van der Waals surface area contributed by atoms with E-state index >= 15 is 0 Å². The molecule has 1 heterocycles. The fourth-order valence-corrected chi connectivity index (χ4v) is 2.82. The fourth-order valence-electron chi connectivity index (χ4n) is 2.82. The monoisotopic (exact) mass is 379 g/mol. The standard InChI is InChI=1S/C17H12F3N3O4/c18-17(19,20)12-6-1-2-7-14(12)22-15(24)9-13(16(22)25)21-10-4-3-5-11(8-10)23(26)27/h1-8,13,21H,9H2/t13-/m0/s1. The van der Waals surface area contributed by atoms with Gasteiger partial charge >= 0.3 is 6.18 Å². The van der Waals surface area contributed by atoms with Crippen molar-refractivity contribution < 1.29 is 27.7 Å². The summed E-state index contributed by atoms with van der Waals surface area (Å²) in [6.07, 6.45) is -5.10. The van der Waals surface area contributed by atoms with Crippen LogP contribution in [0.4, 0.5) is 30.2 Å². The van der Waals surface area contributed by atoms with Gasteiger partial charge in [-0.1, -0.05) is 18.2 Å². The zero-order chi connectivity index (χ0) is 19.8. The van der Waals surface area contributed by atoms with E-state index in [9.17, 15) is 32.9 Å². The predicted octanol–water partition coefficient (Wildman–Crippen LogP) is 3.36. The number of carbonyl (C=O) groups excluding carboxylic acids is 2. The summed E-state index contributed by atoms with van der Waals surface area (Å²) >= 11 is 0. The number of non-ortho nitro benzene ring substituents is 1. The molecule has 7 nitrogen and oxygen atoms in total. The van der Waals surface area contributed by atoms with Crippen molar-refractivity contribution in [1.29, 1.82) is 0 Å². The first-order valence-electron chi connectivity index (χ1n) is 7.72. The highest BCUT2D eigenvalue weighted by Crippen LogP contribution is 2.38. The summed E-state index contributed by atoms with van der Waals surface area (Å²) < 4.78 is 39.6. The third-order valence-electron chi connectivity index (χ3n) is 3.99. The van der Waals surface area contributed by atoms with Gasteiger partial charge in [0.05, 0.1) is 22.6 Å². The highest BCUT2D eigenvalue weighted by atomic mass is 19.4. The van der Waals surface area contributed by atoms with Gasteiger partial charge in [-0.2, -0.15) is 13.2 Å². The van der Waals surface area contributed by atoms with E-state index in [-0.39, 0.29) is 17.8 Å². The quantitative estimate of drug-likeness (QED) is 0.500. The highest BCUT2D eigenvalue weighted by molar-refractivity contribution is 6.23. The molecule has 0 bridgehead atoms. The predicted molar refractivity (Wildman–Crippen MR) is 89.1 cm³/mol. The van der Waals surface area contributed by atoms with Crippen molar-refractivity contribution in [3.63, 3.8) is 0 Å². The molecule has 0 spiro atoms. The molecule has 1 saturated heterocycles. The van der Waals surface area contributed by atoms with Crippen LogP contribution in [0.2, 0.25) is 0 Å². The number of nitrogens with zero attached hydrogens (tertiary/aromatic N) is 2. The molecule has 1 fully saturated rings.